The number of rotatable bonds is 6. The van der Waals surface area contributed by atoms with E-state index in [9.17, 15) is 9.59 Å². The van der Waals surface area contributed by atoms with Crippen molar-refractivity contribution in [3.05, 3.63) is 158 Å². The molecule has 0 saturated heterocycles. The van der Waals surface area contributed by atoms with Gasteiger partial charge in [-0.2, -0.15) is 0 Å². The molecule has 0 radical (unpaired) electrons. The zero-order valence-corrected chi connectivity index (χ0v) is 28.8. The molecular formula is C39H25ClN4O4S2. The molecule has 5 aromatic carbocycles. The number of nitrogens with zero attached hydrogens (tertiary/aromatic N) is 4. The van der Waals surface area contributed by atoms with Gasteiger partial charge in [-0.25, -0.2) is 0 Å². The van der Waals surface area contributed by atoms with Gasteiger partial charge in [0.15, 0.2) is 15.3 Å². The molecule has 2 aromatic heterocycles. The van der Waals surface area contributed by atoms with Crippen LogP contribution in [0.2, 0.25) is 5.02 Å². The van der Waals surface area contributed by atoms with E-state index in [1.807, 2.05) is 61.5 Å². The Hall–Kier alpha value is -5.29. The quantitative estimate of drug-likeness (QED) is 0.126. The van der Waals surface area contributed by atoms with Crippen molar-refractivity contribution in [2.24, 2.45) is 0 Å². The number of carbonyl (C=O) groups is 2. The van der Waals surface area contributed by atoms with E-state index in [0.717, 1.165) is 27.5 Å². The molecule has 0 aliphatic carbocycles. The number of anilines is 2. The van der Waals surface area contributed by atoms with E-state index >= 15 is 4.79 Å². The van der Waals surface area contributed by atoms with E-state index in [4.69, 9.17) is 16.0 Å². The Kier molecular flexibility index (Phi) is 7.17. The predicted molar refractivity (Wildman–Crippen MR) is 197 cm³/mol. The Morgan fingerprint density at radius 1 is 0.860 bits per heavy atom. The second-order valence-electron chi connectivity index (χ2n) is 12.3. The lowest BCUT2D eigenvalue weighted by Crippen LogP contribution is -2.53. The van der Waals surface area contributed by atoms with Gasteiger partial charge in [0.25, 0.3) is 11.8 Å². The van der Waals surface area contributed by atoms with Crippen molar-refractivity contribution in [3.63, 3.8) is 0 Å². The van der Waals surface area contributed by atoms with Crippen LogP contribution < -0.4 is 15.2 Å². The van der Waals surface area contributed by atoms with Gasteiger partial charge in [0.05, 0.1) is 23.2 Å². The third-order valence-corrected chi connectivity index (χ3v) is 11.7. The van der Waals surface area contributed by atoms with Crippen molar-refractivity contribution < 1.29 is 14.0 Å². The molecular weight excluding hydrogens is 688 g/mol. The molecule has 1 unspecified atom stereocenters. The van der Waals surface area contributed by atoms with Crippen LogP contribution in [-0.4, -0.2) is 22.0 Å². The van der Waals surface area contributed by atoms with Crippen LogP contribution in [0, 0.1) is 6.92 Å². The molecule has 0 bridgehead atoms. The maximum absolute atomic E-state index is 15.2. The van der Waals surface area contributed by atoms with Crippen molar-refractivity contribution in [2.45, 2.75) is 29.1 Å². The molecule has 2 amide bonds. The van der Waals surface area contributed by atoms with Crippen LogP contribution in [0.5, 0.6) is 0 Å². The van der Waals surface area contributed by atoms with Crippen LogP contribution in [0.1, 0.15) is 38.4 Å². The van der Waals surface area contributed by atoms with Gasteiger partial charge in [0.2, 0.25) is 10.9 Å². The van der Waals surface area contributed by atoms with Crippen molar-refractivity contribution in [3.8, 4) is 0 Å². The van der Waals surface area contributed by atoms with Crippen LogP contribution in [-0.2, 0) is 22.6 Å². The third kappa shape index (κ3) is 4.56. The number of aromatic nitrogens is 2. The highest BCUT2D eigenvalue weighted by Crippen LogP contribution is 2.55. The van der Waals surface area contributed by atoms with Crippen LogP contribution >= 0.6 is 34.7 Å². The first-order chi connectivity index (χ1) is 24.3. The lowest BCUT2D eigenvalue weighted by molar-refractivity contribution is -0.121. The highest BCUT2D eigenvalue weighted by Gasteiger charge is 2.66. The van der Waals surface area contributed by atoms with Crippen LogP contribution in [0.4, 0.5) is 10.8 Å². The van der Waals surface area contributed by atoms with E-state index in [-0.39, 0.29) is 34.0 Å². The summed E-state index contributed by atoms with van der Waals surface area (Å²) < 4.78 is 6.81. The summed E-state index contributed by atoms with van der Waals surface area (Å²) in [5, 5.41) is 11.9. The summed E-state index contributed by atoms with van der Waals surface area (Å²) in [6.07, 6.45) is 0. The van der Waals surface area contributed by atoms with E-state index in [0.29, 0.717) is 26.4 Å². The standard InChI is InChI=1S/C39H25ClN4O4S2/c1-22-13-15-23(16-14-22)20-43-30-12-5-4-11-29(30)39(36(43)47)32-33(45)28-19-26(40)17-18-31(28)48-34(32)35(46)44(39)37-41-42-38(50-37)49-21-25-9-6-8-24-7-2-3-10-27(24)25/h2-19H,20-21H2,1H3. The molecule has 4 heterocycles. The minimum atomic E-state index is -1.89. The summed E-state index contributed by atoms with van der Waals surface area (Å²) in [6.45, 7) is 2.22. The van der Waals surface area contributed by atoms with Gasteiger partial charge in [-0.1, -0.05) is 125 Å². The maximum Gasteiger partial charge on any atom is 0.297 e. The highest BCUT2D eigenvalue weighted by atomic mass is 35.5. The van der Waals surface area contributed by atoms with Gasteiger partial charge in [0, 0.05) is 16.3 Å². The second-order valence-corrected chi connectivity index (χ2v) is 14.9. The molecule has 50 heavy (non-hydrogen) atoms. The van der Waals surface area contributed by atoms with Gasteiger partial charge in [0.1, 0.15) is 5.58 Å². The molecule has 0 fully saturated rings. The molecule has 7 aromatic rings. The predicted octanol–water partition coefficient (Wildman–Crippen LogP) is 8.50. The number of thioether (sulfide) groups is 1. The number of amides is 2. The van der Waals surface area contributed by atoms with Crippen LogP contribution in [0.15, 0.2) is 123 Å². The van der Waals surface area contributed by atoms with Gasteiger partial charge in [-0.3, -0.25) is 19.3 Å². The van der Waals surface area contributed by atoms with Crippen LogP contribution in [0.3, 0.4) is 0 Å². The Balaban J connectivity index is 1.20. The Bertz CT molecular complexity index is 2600. The topological polar surface area (TPSA) is 96.6 Å². The Labute approximate surface area is 298 Å². The maximum atomic E-state index is 15.2. The number of hydrogen-bond donors (Lipinski definition) is 0. The summed E-state index contributed by atoms with van der Waals surface area (Å²) in [4.78, 5) is 47.4. The van der Waals surface area contributed by atoms with Gasteiger partial charge in [-0.05, 0) is 53.1 Å². The lowest BCUT2D eigenvalue weighted by atomic mass is 9.84. The number of fused-ring (bicyclic) bond motifs is 6. The van der Waals surface area contributed by atoms with Crippen molar-refractivity contribution in [1.29, 1.82) is 0 Å². The van der Waals surface area contributed by atoms with E-state index in [1.54, 1.807) is 29.2 Å². The number of benzene rings is 5. The number of carbonyl (C=O) groups excluding carboxylic acids is 2. The smallest absolute Gasteiger partial charge is 0.297 e. The monoisotopic (exact) mass is 712 g/mol. The average Bonchev–Trinajstić information content (AvgIpc) is 3.77. The Morgan fingerprint density at radius 2 is 1.64 bits per heavy atom. The zero-order valence-electron chi connectivity index (χ0n) is 26.4. The molecule has 1 atom stereocenters. The molecule has 8 nitrogen and oxygen atoms in total. The number of aryl methyl sites for hydroxylation is 1. The van der Waals surface area contributed by atoms with Gasteiger partial charge < -0.3 is 9.32 Å². The fraction of sp³-hybridized carbons (Fsp3) is 0.103. The normalized spacial score (nSPS) is 16.6. The van der Waals surface area contributed by atoms with Crippen molar-refractivity contribution in [2.75, 3.05) is 9.80 Å². The zero-order chi connectivity index (χ0) is 34.1. The van der Waals surface area contributed by atoms with E-state index in [2.05, 4.69) is 34.5 Å². The Morgan fingerprint density at radius 3 is 2.50 bits per heavy atom. The minimum absolute atomic E-state index is 0.0544. The molecule has 9 rings (SSSR count). The molecule has 244 valence electrons. The third-order valence-electron chi connectivity index (χ3n) is 9.37. The van der Waals surface area contributed by atoms with Gasteiger partial charge >= 0.3 is 0 Å². The molecule has 11 heteroatoms. The summed E-state index contributed by atoms with van der Waals surface area (Å²) in [6, 6.07) is 34.2. The lowest BCUT2D eigenvalue weighted by Gasteiger charge is -2.32. The summed E-state index contributed by atoms with van der Waals surface area (Å²) in [7, 11) is 0. The summed E-state index contributed by atoms with van der Waals surface area (Å²) in [5.41, 5.74) is 1.95. The average molecular weight is 713 g/mol. The molecule has 1 spiro atoms. The fourth-order valence-electron chi connectivity index (χ4n) is 7.08. The van der Waals surface area contributed by atoms with Crippen molar-refractivity contribution in [1.82, 2.24) is 10.2 Å². The number of hydrogen-bond acceptors (Lipinski definition) is 8. The number of halogens is 1. The first kappa shape index (κ1) is 30.7. The van der Waals surface area contributed by atoms with E-state index in [1.165, 1.54) is 34.1 Å². The van der Waals surface area contributed by atoms with Crippen LogP contribution in [0.25, 0.3) is 21.7 Å². The molecule has 0 saturated carbocycles. The molecule has 2 aliphatic rings. The molecule has 0 N–H and O–H groups in total. The minimum Gasteiger partial charge on any atom is -0.450 e. The molecule has 2 aliphatic heterocycles. The highest BCUT2D eigenvalue weighted by molar-refractivity contribution is 8.00. The summed E-state index contributed by atoms with van der Waals surface area (Å²) in [5.74, 6) is -0.685. The SMILES string of the molecule is Cc1ccc(CN2C(=O)C3(c4ccccc42)c2c(oc4ccc(Cl)cc4c2=O)C(=O)N3c2nnc(SCc3cccc4ccccc34)s2)cc1. The second kappa shape index (κ2) is 11.7. The largest absolute Gasteiger partial charge is 0.450 e. The summed E-state index contributed by atoms with van der Waals surface area (Å²) >= 11 is 9.03. The first-order valence-corrected chi connectivity index (χ1v) is 18.0. The van der Waals surface area contributed by atoms with Crippen molar-refractivity contribution >= 4 is 79.1 Å². The number of para-hydroxylation sites is 1. The fourth-order valence-corrected chi connectivity index (χ4v) is 9.15. The van der Waals surface area contributed by atoms with Gasteiger partial charge in [-0.15, -0.1) is 10.2 Å². The van der Waals surface area contributed by atoms with E-state index < -0.39 is 22.8 Å². The first-order valence-electron chi connectivity index (χ1n) is 15.9.